The fraction of sp³-hybridized carbons (Fsp3) is 0.500. The van der Waals surface area contributed by atoms with Crippen LogP contribution in [0, 0.1) is 12.8 Å². The summed E-state index contributed by atoms with van der Waals surface area (Å²) >= 11 is 1.85. The first-order valence-electron chi connectivity index (χ1n) is 8.79. The van der Waals surface area contributed by atoms with Gasteiger partial charge in [-0.15, -0.1) is 0 Å². The summed E-state index contributed by atoms with van der Waals surface area (Å²) in [5, 5.41) is 4.30. The van der Waals surface area contributed by atoms with E-state index in [2.05, 4.69) is 9.82 Å². The van der Waals surface area contributed by atoms with Gasteiger partial charge in [-0.3, -0.25) is 0 Å². The molecule has 0 spiro atoms. The Bertz CT molecular complexity index is 818. The molecule has 1 aromatic heterocycles. The lowest BCUT2D eigenvalue weighted by Crippen LogP contribution is -2.46. The molecular formula is C18H25N3O3S2. The summed E-state index contributed by atoms with van der Waals surface area (Å²) in [5.41, 5.74) is 2.09. The summed E-state index contributed by atoms with van der Waals surface area (Å²) in [5.74, 6) is 2.94. The normalized spacial score (nSPS) is 20.8. The largest absolute Gasteiger partial charge is 0.493 e. The van der Waals surface area contributed by atoms with E-state index in [4.69, 9.17) is 4.74 Å². The summed E-state index contributed by atoms with van der Waals surface area (Å²) in [7, 11) is -3.19. The van der Waals surface area contributed by atoms with Gasteiger partial charge in [0.2, 0.25) is 10.0 Å². The quantitative estimate of drug-likeness (QED) is 0.780. The molecule has 1 N–H and O–H groups in total. The molecule has 2 heterocycles. The molecule has 8 heteroatoms. The number of thioether (sulfide) groups is 1. The van der Waals surface area contributed by atoms with Crippen molar-refractivity contribution in [2.75, 3.05) is 23.9 Å². The zero-order chi connectivity index (χ0) is 18.6. The summed E-state index contributed by atoms with van der Waals surface area (Å²) in [4.78, 5) is 0. The van der Waals surface area contributed by atoms with E-state index in [9.17, 15) is 8.42 Å². The highest BCUT2D eigenvalue weighted by Gasteiger charge is 2.29. The minimum absolute atomic E-state index is 0.0486. The summed E-state index contributed by atoms with van der Waals surface area (Å²) in [6, 6.07) is 7.73. The SMILES string of the molecule is CCS(=O)(=O)N[C@H]1CCSC[C@@H]1COc1ccc(-n2cc(C)cn2)cc1. The molecule has 2 aromatic rings. The molecule has 1 aliphatic heterocycles. The highest BCUT2D eigenvalue weighted by Crippen LogP contribution is 2.25. The maximum absolute atomic E-state index is 11.9. The molecule has 1 aliphatic rings. The van der Waals surface area contributed by atoms with Gasteiger partial charge >= 0.3 is 0 Å². The second-order valence-electron chi connectivity index (χ2n) is 6.52. The average molecular weight is 396 g/mol. The van der Waals surface area contributed by atoms with Crippen molar-refractivity contribution in [3.63, 3.8) is 0 Å². The highest BCUT2D eigenvalue weighted by atomic mass is 32.2. The van der Waals surface area contributed by atoms with E-state index in [0.29, 0.717) is 6.61 Å². The van der Waals surface area contributed by atoms with Crippen LogP contribution in [-0.2, 0) is 10.0 Å². The Kier molecular flexibility index (Phi) is 6.26. The van der Waals surface area contributed by atoms with Crippen molar-refractivity contribution in [1.29, 1.82) is 0 Å². The lowest BCUT2D eigenvalue weighted by atomic mass is 10.0. The van der Waals surface area contributed by atoms with Gasteiger partial charge in [0.25, 0.3) is 0 Å². The van der Waals surface area contributed by atoms with Gasteiger partial charge < -0.3 is 4.74 Å². The topological polar surface area (TPSA) is 73.2 Å². The first-order valence-corrected chi connectivity index (χ1v) is 11.6. The van der Waals surface area contributed by atoms with E-state index in [1.165, 1.54) is 0 Å². The van der Waals surface area contributed by atoms with Crippen LogP contribution < -0.4 is 9.46 Å². The molecule has 1 saturated heterocycles. The molecule has 0 radical (unpaired) electrons. The molecule has 0 unspecified atom stereocenters. The van der Waals surface area contributed by atoms with Crippen LogP contribution in [0.2, 0.25) is 0 Å². The lowest BCUT2D eigenvalue weighted by molar-refractivity contribution is 0.229. The molecule has 0 aliphatic carbocycles. The van der Waals surface area contributed by atoms with E-state index in [0.717, 1.165) is 34.9 Å². The molecule has 26 heavy (non-hydrogen) atoms. The first-order chi connectivity index (χ1) is 12.5. The maximum atomic E-state index is 11.9. The molecular weight excluding hydrogens is 370 g/mol. The number of nitrogens with zero attached hydrogens (tertiary/aromatic N) is 2. The van der Waals surface area contributed by atoms with Crippen LogP contribution in [0.25, 0.3) is 5.69 Å². The van der Waals surface area contributed by atoms with Gasteiger partial charge in [0.15, 0.2) is 0 Å². The Labute approximate surface area is 159 Å². The monoisotopic (exact) mass is 395 g/mol. The third kappa shape index (κ3) is 5.02. The number of hydrogen-bond acceptors (Lipinski definition) is 5. The molecule has 142 valence electrons. The van der Waals surface area contributed by atoms with Crippen molar-refractivity contribution in [3.05, 3.63) is 42.2 Å². The summed E-state index contributed by atoms with van der Waals surface area (Å²) in [6.07, 6.45) is 4.64. The second-order valence-corrected chi connectivity index (χ2v) is 9.71. The number of benzene rings is 1. The number of aryl methyl sites for hydroxylation is 1. The fourth-order valence-electron chi connectivity index (χ4n) is 2.88. The van der Waals surface area contributed by atoms with Crippen molar-refractivity contribution in [3.8, 4) is 11.4 Å². The maximum Gasteiger partial charge on any atom is 0.211 e. The van der Waals surface area contributed by atoms with E-state index >= 15 is 0 Å². The summed E-state index contributed by atoms with van der Waals surface area (Å²) in [6.45, 7) is 4.17. The van der Waals surface area contributed by atoms with E-state index in [1.54, 1.807) is 6.92 Å². The van der Waals surface area contributed by atoms with Crippen LogP contribution in [0.15, 0.2) is 36.7 Å². The van der Waals surface area contributed by atoms with Crippen molar-refractivity contribution < 1.29 is 13.2 Å². The zero-order valence-electron chi connectivity index (χ0n) is 15.1. The van der Waals surface area contributed by atoms with E-state index < -0.39 is 10.0 Å². The predicted molar refractivity (Wildman–Crippen MR) is 106 cm³/mol. The lowest BCUT2D eigenvalue weighted by Gasteiger charge is -2.31. The van der Waals surface area contributed by atoms with Crippen LogP contribution in [0.4, 0.5) is 0 Å². The predicted octanol–water partition coefficient (Wildman–Crippen LogP) is 2.62. The number of aromatic nitrogens is 2. The Balaban J connectivity index is 1.60. The van der Waals surface area contributed by atoms with Gasteiger partial charge in [-0.1, -0.05) is 0 Å². The molecule has 0 saturated carbocycles. The molecule has 0 bridgehead atoms. The molecule has 3 rings (SSSR count). The van der Waals surface area contributed by atoms with Gasteiger partial charge in [0.1, 0.15) is 5.75 Å². The van der Waals surface area contributed by atoms with E-state index in [1.807, 2.05) is 60.0 Å². The molecule has 2 atom stereocenters. The number of sulfonamides is 1. The van der Waals surface area contributed by atoms with Crippen LogP contribution in [-0.4, -0.2) is 48.1 Å². The van der Waals surface area contributed by atoms with Crippen molar-refractivity contribution >= 4 is 21.8 Å². The van der Waals surface area contributed by atoms with E-state index in [-0.39, 0.29) is 17.7 Å². The Morgan fingerprint density at radius 3 is 2.77 bits per heavy atom. The molecule has 0 amide bonds. The van der Waals surface area contributed by atoms with Crippen LogP contribution in [0.5, 0.6) is 5.75 Å². The number of nitrogens with one attached hydrogen (secondary N) is 1. The molecule has 6 nitrogen and oxygen atoms in total. The Morgan fingerprint density at radius 2 is 2.12 bits per heavy atom. The zero-order valence-corrected chi connectivity index (χ0v) is 16.7. The van der Waals surface area contributed by atoms with Crippen molar-refractivity contribution in [2.45, 2.75) is 26.3 Å². The number of rotatable bonds is 7. The van der Waals surface area contributed by atoms with Gasteiger partial charge in [0, 0.05) is 23.9 Å². The van der Waals surface area contributed by atoms with Gasteiger partial charge in [0.05, 0.1) is 24.2 Å². The number of hydrogen-bond donors (Lipinski definition) is 1. The van der Waals surface area contributed by atoms with Crippen LogP contribution in [0.1, 0.15) is 18.9 Å². The average Bonchev–Trinajstić information content (AvgIpc) is 3.07. The fourth-order valence-corrected chi connectivity index (χ4v) is 5.04. The van der Waals surface area contributed by atoms with Gasteiger partial charge in [-0.2, -0.15) is 16.9 Å². The molecule has 1 aromatic carbocycles. The van der Waals surface area contributed by atoms with Gasteiger partial charge in [-0.25, -0.2) is 17.8 Å². The Hall–Kier alpha value is -1.51. The smallest absolute Gasteiger partial charge is 0.211 e. The first kappa shape index (κ1) is 19.3. The van der Waals surface area contributed by atoms with Crippen molar-refractivity contribution in [2.24, 2.45) is 5.92 Å². The minimum Gasteiger partial charge on any atom is -0.493 e. The molecule has 1 fully saturated rings. The standard InChI is InChI=1S/C18H25N3O3S2/c1-3-26(22,23)20-18-8-9-25-13-15(18)12-24-17-6-4-16(5-7-17)21-11-14(2)10-19-21/h4-7,10-11,15,18,20H,3,8-9,12-13H2,1-2H3/t15-,18-/m0/s1. The van der Waals surface area contributed by atoms with Gasteiger partial charge in [-0.05, 0) is 55.9 Å². The van der Waals surface area contributed by atoms with Crippen LogP contribution in [0.3, 0.4) is 0 Å². The third-order valence-corrected chi connectivity index (χ3v) is 7.07. The third-order valence-electron chi connectivity index (χ3n) is 4.46. The minimum atomic E-state index is -3.19. The van der Waals surface area contributed by atoms with Crippen molar-refractivity contribution in [1.82, 2.24) is 14.5 Å². The van der Waals surface area contributed by atoms with Crippen LogP contribution >= 0.6 is 11.8 Å². The highest BCUT2D eigenvalue weighted by molar-refractivity contribution is 7.99. The Morgan fingerprint density at radius 1 is 1.35 bits per heavy atom. The summed E-state index contributed by atoms with van der Waals surface area (Å²) < 4.78 is 34.4. The second kappa shape index (κ2) is 8.45. The number of ether oxygens (including phenoxy) is 1.